The van der Waals surface area contributed by atoms with Crippen molar-refractivity contribution in [3.05, 3.63) is 59.4 Å². The van der Waals surface area contributed by atoms with Crippen LogP contribution in [0.3, 0.4) is 0 Å². The zero-order valence-corrected chi connectivity index (χ0v) is 16.8. The Morgan fingerprint density at radius 3 is 2.45 bits per heavy atom. The van der Waals surface area contributed by atoms with Crippen LogP contribution in [0, 0.1) is 0 Å². The highest BCUT2D eigenvalue weighted by atomic mass is 35.5. The van der Waals surface area contributed by atoms with E-state index in [1.54, 1.807) is 17.0 Å². The number of nitrogens with zero attached hydrogens (tertiary/aromatic N) is 2. The molecule has 0 saturated carbocycles. The van der Waals surface area contributed by atoms with Gasteiger partial charge in [0.2, 0.25) is 5.91 Å². The molecule has 152 valence electrons. The highest BCUT2D eigenvalue weighted by Crippen LogP contribution is 2.37. The highest BCUT2D eigenvalue weighted by molar-refractivity contribution is 6.32. The van der Waals surface area contributed by atoms with E-state index in [-0.39, 0.29) is 11.1 Å². The van der Waals surface area contributed by atoms with Crippen LogP contribution in [0.15, 0.2) is 48.7 Å². The van der Waals surface area contributed by atoms with Gasteiger partial charge >= 0.3 is 5.97 Å². The molecule has 1 aromatic heterocycles. The molecule has 1 aliphatic rings. The summed E-state index contributed by atoms with van der Waals surface area (Å²) in [7, 11) is 0. The number of anilines is 1. The number of hydrogen-bond donors (Lipinski definition) is 1. The lowest BCUT2D eigenvalue weighted by molar-refractivity contribution is -0.156. The number of nitrogens with one attached hydrogen (secondary N) is 1. The molecule has 0 unspecified atom stereocenters. The number of halogens is 1. The maximum absolute atomic E-state index is 13.1. The monoisotopic (exact) mass is 415 g/mol. The van der Waals surface area contributed by atoms with Gasteiger partial charge in [0.1, 0.15) is 0 Å². The third-order valence-corrected chi connectivity index (χ3v) is 5.45. The molecule has 1 aromatic carbocycles. The molecule has 7 nitrogen and oxygen atoms in total. The van der Waals surface area contributed by atoms with Crippen LogP contribution in [0.25, 0.3) is 0 Å². The maximum atomic E-state index is 13.1. The first-order chi connectivity index (χ1) is 13.9. The van der Waals surface area contributed by atoms with Crippen molar-refractivity contribution in [1.82, 2.24) is 9.88 Å². The summed E-state index contributed by atoms with van der Waals surface area (Å²) in [6.45, 7) is 1.99. The van der Waals surface area contributed by atoms with Crippen LogP contribution in [-0.4, -0.2) is 47.4 Å². The SMILES string of the molecule is CC(=O)N1CCC(C(=O)OCC(=O)Nc2cccnc2Cl)(c2ccccc2)CC1. The maximum Gasteiger partial charge on any atom is 0.317 e. The van der Waals surface area contributed by atoms with Gasteiger partial charge in [-0.25, -0.2) is 4.98 Å². The minimum atomic E-state index is -0.889. The molecule has 2 heterocycles. The standard InChI is InChI=1S/C21H22ClN3O4/c1-15(26)25-12-9-21(10-13-25,16-6-3-2-4-7-16)20(28)29-14-18(27)24-17-8-5-11-23-19(17)22/h2-8,11H,9-10,12-14H2,1H3,(H,24,27). The van der Waals surface area contributed by atoms with E-state index in [0.29, 0.717) is 31.6 Å². The number of carbonyl (C=O) groups excluding carboxylic acids is 3. The third kappa shape index (κ3) is 4.74. The molecule has 29 heavy (non-hydrogen) atoms. The molecule has 0 spiro atoms. The number of benzene rings is 1. The number of pyridine rings is 1. The Hall–Kier alpha value is -2.93. The number of esters is 1. The lowest BCUT2D eigenvalue weighted by atomic mass is 9.72. The van der Waals surface area contributed by atoms with Crippen LogP contribution in [-0.2, 0) is 24.5 Å². The fraction of sp³-hybridized carbons (Fsp3) is 0.333. The van der Waals surface area contributed by atoms with E-state index < -0.39 is 23.9 Å². The lowest BCUT2D eigenvalue weighted by Gasteiger charge is -2.40. The van der Waals surface area contributed by atoms with Gasteiger partial charge in [-0.05, 0) is 30.5 Å². The zero-order chi connectivity index (χ0) is 20.9. The summed E-state index contributed by atoms with van der Waals surface area (Å²) in [6, 6.07) is 12.6. The number of amides is 2. The molecule has 2 aromatic rings. The fourth-order valence-corrected chi connectivity index (χ4v) is 3.67. The average molecular weight is 416 g/mol. The van der Waals surface area contributed by atoms with Gasteiger partial charge in [0.25, 0.3) is 5.91 Å². The minimum absolute atomic E-state index is 0.0206. The van der Waals surface area contributed by atoms with E-state index in [1.165, 1.54) is 13.1 Å². The minimum Gasteiger partial charge on any atom is -0.455 e. The Bertz CT molecular complexity index is 896. The molecule has 3 rings (SSSR count). The van der Waals surface area contributed by atoms with Gasteiger partial charge in [0.15, 0.2) is 11.8 Å². The number of carbonyl (C=O) groups is 3. The molecule has 2 amide bonds. The van der Waals surface area contributed by atoms with E-state index in [1.807, 2.05) is 30.3 Å². The molecule has 1 aliphatic heterocycles. The predicted molar refractivity (Wildman–Crippen MR) is 108 cm³/mol. The van der Waals surface area contributed by atoms with E-state index in [4.69, 9.17) is 16.3 Å². The van der Waals surface area contributed by atoms with Crippen LogP contribution in [0.4, 0.5) is 5.69 Å². The van der Waals surface area contributed by atoms with E-state index in [0.717, 1.165) is 5.56 Å². The van der Waals surface area contributed by atoms with Crippen LogP contribution < -0.4 is 5.32 Å². The molecular formula is C21H22ClN3O4. The van der Waals surface area contributed by atoms with Gasteiger partial charge in [-0.2, -0.15) is 0 Å². The van der Waals surface area contributed by atoms with Gasteiger partial charge in [0.05, 0.1) is 11.1 Å². The summed E-state index contributed by atoms with van der Waals surface area (Å²) >= 11 is 5.93. The van der Waals surface area contributed by atoms with E-state index in [2.05, 4.69) is 10.3 Å². The summed E-state index contributed by atoms with van der Waals surface area (Å²) in [5.41, 5.74) is 0.283. The first-order valence-corrected chi connectivity index (χ1v) is 9.69. The van der Waals surface area contributed by atoms with Crippen molar-refractivity contribution < 1.29 is 19.1 Å². The molecule has 8 heteroatoms. The topological polar surface area (TPSA) is 88.6 Å². The highest BCUT2D eigenvalue weighted by Gasteiger charge is 2.44. The Balaban J connectivity index is 1.70. The van der Waals surface area contributed by atoms with Crippen LogP contribution >= 0.6 is 11.6 Å². The van der Waals surface area contributed by atoms with Crippen LogP contribution in [0.2, 0.25) is 5.15 Å². The second-order valence-corrected chi connectivity index (χ2v) is 7.28. The van der Waals surface area contributed by atoms with Gasteiger partial charge < -0.3 is 15.0 Å². The third-order valence-electron chi connectivity index (χ3n) is 5.15. The molecule has 1 N–H and O–H groups in total. The quantitative estimate of drug-likeness (QED) is 0.599. The summed E-state index contributed by atoms with van der Waals surface area (Å²) in [5, 5.41) is 2.74. The molecule has 0 atom stereocenters. The van der Waals surface area contributed by atoms with Crippen molar-refractivity contribution in [2.75, 3.05) is 25.0 Å². The first-order valence-electron chi connectivity index (χ1n) is 9.31. The second kappa shape index (κ2) is 9.05. The van der Waals surface area contributed by atoms with Crippen molar-refractivity contribution in [2.45, 2.75) is 25.2 Å². The molecule has 1 saturated heterocycles. The number of aromatic nitrogens is 1. The molecule has 1 fully saturated rings. The number of piperidine rings is 1. The Kier molecular flexibility index (Phi) is 6.49. The Morgan fingerprint density at radius 2 is 1.83 bits per heavy atom. The predicted octanol–water partition coefficient (Wildman–Crippen LogP) is 2.80. The van der Waals surface area contributed by atoms with Crippen molar-refractivity contribution in [1.29, 1.82) is 0 Å². The Labute approximate surface area is 174 Å². The first kappa shape index (κ1) is 20.8. The number of rotatable bonds is 5. The zero-order valence-electron chi connectivity index (χ0n) is 16.1. The second-order valence-electron chi connectivity index (χ2n) is 6.92. The van der Waals surface area contributed by atoms with Gasteiger partial charge in [0, 0.05) is 26.2 Å². The summed E-state index contributed by atoms with van der Waals surface area (Å²) in [6.07, 6.45) is 2.38. The van der Waals surface area contributed by atoms with Crippen molar-refractivity contribution in [3.8, 4) is 0 Å². The van der Waals surface area contributed by atoms with Gasteiger partial charge in [-0.15, -0.1) is 0 Å². The lowest BCUT2D eigenvalue weighted by Crippen LogP contribution is -2.49. The summed E-state index contributed by atoms with van der Waals surface area (Å²) in [5.74, 6) is -0.996. The average Bonchev–Trinajstić information content (AvgIpc) is 2.74. The number of ether oxygens (including phenoxy) is 1. The molecule has 0 bridgehead atoms. The molecule has 0 radical (unpaired) electrons. The molecular weight excluding hydrogens is 394 g/mol. The smallest absolute Gasteiger partial charge is 0.317 e. The normalized spacial score (nSPS) is 15.4. The van der Waals surface area contributed by atoms with Crippen molar-refractivity contribution in [2.24, 2.45) is 0 Å². The van der Waals surface area contributed by atoms with Crippen LogP contribution in [0.5, 0.6) is 0 Å². The summed E-state index contributed by atoms with van der Waals surface area (Å²) in [4.78, 5) is 42.6. The molecule has 0 aliphatic carbocycles. The van der Waals surface area contributed by atoms with Crippen molar-refractivity contribution in [3.63, 3.8) is 0 Å². The van der Waals surface area contributed by atoms with E-state index in [9.17, 15) is 14.4 Å². The largest absolute Gasteiger partial charge is 0.455 e. The van der Waals surface area contributed by atoms with Crippen LogP contribution in [0.1, 0.15) is 25.3 Å². The number of likely N-dealkylation sites (tertiary alicyclic amines) is 1. The van der Waals surface area contributed by atoms with Crippen molar-refractivity contribution >= 4 is 35.1 Å². The summed E-state index contributed by atoms with van der Waals surface area (Å²) < 4.78 is 5.39. The van der Waals surface area contributed by atoms with E-state index >= 15 is 0 Å². The van der Waals surface area contributed by atoms with Gasteiger partial charge in [-0.3, -0.25) is 14.4 Å². The number of hydrogen-bond acceptors (Lipinski definition) is 5. The Morgan fingerprint density at radius 1 is 1.14 bits per heavy atom. The fourth-order valence-electron chi connectivity index (χ4n) is 3.51. The van der Waals surface area contributed by atoms with Gasteiger partial charge in [-0.1, -0.05) is 41.9 Å².